The molecule has 1 heterocycles. The van der Waals surface area contributed by atoms with E-state index in [9.17, 15) is 5.11 Å². The molecule has 3 fully saturated rings. The van der Waals surface area contributed by atoms with Gasteiger partial charge in [-0.05, 0) is 31.1 Å². The first-order valence-corrected chi connectivity index (χ1v) is 6.15. The molecule has 4 atom stereocenters. The molecule has 0 amide bonds. The lowest BCUT2D eigenvalue weighted by Crippen LogP contribution is -2.50. The van der Waals surface area contributed by atoms with E-state index in [-0.39, 0.29) is 6.10 Å². The molecule has 1 aliphatic heterocycles. The third kappa shape index (κ3) is 1.31. The Kier molecular flexibility index (Phi) is 2.10. The molecule has 1 saturated heterocycles. The van der Waals surface area contributed by atoms with E-state index in [0.717, 1.165) is 18.9 Å². The standard InChI is InChI=1S/C12H20O2/c13-12(11-8-14-11)7-3-5-9-4-1-2-6-10(9)12/h9-11,13H,1-8H2. The van der Waals surface area contributed by atoms with Gasteiger partial charge in [0.05, 0.1) is 12.2 Å². The van der Waals surface area contributed by atoms with Crippen molar-refractivity contribution in [3.8, 4) is 0 Å². The summed E-state index contributed by atoms with van der Waals surface area (Å²) in [4.78, 5) is 0. The number of aliphatic hydroxyl groups is 1. The lowest BCUT2D eigenvalue weighted by Gasteiger charge is -2.46. The fourth-order valence-electron chi connectivity index (χ4n) is 3.78. The summed E-state index contributed by atoms with van der Waals surface area (Å²) in [5, 5.41) is 10.7. The summed E-state index contributed by atoms with van der Waals surface area (Å²) in [6.45, 7) is 0.805. The Balaban J connectivity index is 1.81. The maximum Gasteiger partial charge on any atom is 0.110 e. The van der Waals surface area contributed by atoms with Gasteiger partial charge < -0.3 is 9.84 Å². The lowest BCUT2D eigenvalue weighted by atomic mass is 9.62. The second-order valence-electron chi connectivity index (χ2n) is 5.36. The molecule has 2 nitrogen and oxygen atoms in total. The number of epoxide rings is 1. The molecular formula is C12H20O2. The number of rotatable bonds is 1. The molecule has 0 bridgehead atoms. The normalized spacial score (nSPS) is 52.5. The first-order chi connectivity index (χ1) is 6.81. The van der Waals surface area contributed by atoms with Crippen LogP contribution in [0.4, 0.5) is 0 Å². The summed E-state index contributed by atoms with van der Waals surface area (Å²) >= 11 is 0. The Morgan fingerprint density at radius 1 is 1.07 bits per heavy atom. The zero-order chi connectivity index (χ0) is 9.60. The van der Waals surface area contributed by atoms with E-state index in [1.54, 1.807) is 0 Å². The zero-order valence-corrected chi connectivity index (χ0v) is 8.74. The minimum atomic E-state index is -0.441. The first-order valence-electron chi connectivity index (χ1n) is 6.15. The van der Waals surface area contributed by atoms with Crippen molar-refractivity contribution >= 4 is 0 Å². The molecule has 14 heavy (non-hydrogen) atoms. The van der Waals surface area contributed by atoms with Crippen molar-refractivity contribution in [2.75, 3.05) is 6.61 Å². The molecule has 2 aliphatic carbocycles. The molecule has 80 valence electrons. The molecule has 4 unspecified atom stereocenters. The third-order valence-corrected chi connectivity index (χ3v) is 4.59. The van der Waals surface area contributed by atoms with Gasteiger partial charge in [-0.1, -0.05) is 25.7 Å². The summed E-state index contributed by atoms with van der Waals surface area (Å²) in [5.41, 5.74) is -0.441. The maximum atomic E-state index is 10.7. The second kappa shape index (κ2) is 3.21. The van der Waals surface area contributed by atoms with Crippen LogP contribution in [0.1, 0.15) is 44.9 Å². The van der Waals surface area contributed by atoms with Crippen LogP contribution in [0.25, 0.3) is 0 Å². The van der Waals surface area contributed by atoms with Crippen LogP contribution >= 0.6 is 0 Å². The highest BCUT2D eigenvalue weighted by atomic mass is 16.6. The molecule has 0 spiro atoms. The summed E-state index contributed by atoms with van der Waals surface area (Å²) < 4.78 is 5.35. The second-order valence-corrected chi connectivity index (χ2v) is 5.36. The van der Waals surface area contributed by atoms with Gasteiger partial charge in [0, 0.05) is 0 Å². The minimum Gasteiger partial charge on any atom is -0.387 e. The van der Waals surface area contributed by atoms with Crippen molar-refractivity contribution in [2.24, 2.45) is 11.8 Å². The Bertz CT molecular complexity index is 222. The van der Waals surface area contributed by atoms with Crippen LogP contribution < -0.4 is 0 Å². The minimum absolute atomic E-state index is 0.188. The molecule has 3 aliphatic rings. The molecule has 2 saturated carbocycles. The van der Waals surface area contributed by atoms with Crippen LogP contribution in [0.5, 0.6) is 0 Å². The van der Waals surface area contributed by atoms with Gasteiger partial charge in [-0.2, -0.15) is 0 Å². The largest absolute Gasteiger partial charge is 0.387 e. The number of hydrogen-bond acceptors (Lipinski definition) is 2. The average Bonchev–Trinajstić information content (AvgIpc) is 3.02. The van der Waals surface area contributed by atoms with Crippen molar-refractivity contribution in [3.05, 3.63) is 0 Å². The molecule has 0 aromatic carbocycles. The van der Waals surface area contributed by atoms with E-state index in [2.05, 4.69) is 0 Å². The Morgan fingerprint density at radius 3 is 2.57 bits per heavy atom. The fourth-order valence-corrected chi connectivity index (χ4v) is 3.78. The molecule has 0 aromatic heterocycles. The van der Waals surface area contributed by atoms with Crippen molar-refractivity contribution in [1.29, 1.82) is 0 Å². The van der Waals surface area contributed by atoms with Gasteiger partial charge in [-0.15, -0.1) is 0 Å². The predicted octanol–water partition coefficient (Wildman–Crippen LogP) is 2.11. The van der Waals surface area contributed by atoms with Crippen molar-refractivity contribution < 1.29 is 9.84 Å². The summed E-state index contributed by atoms with van der Waals surface area (Å²) in [6.07, 6.45) is 9.00. The van der Waals surface area contributed by atoms with Crippen LogP contribution in [0, 0.1) is 11.8 Å². The van der Waals surface area contributed by atoms with Crippen LogP contribution in [0.2, 0.25) is 0 Å². The van der Waals surface area contributed by atoms with E-state index in [0.29, 0.717) is 5.92 Å². The van der Waals surface area contributed by atoms with Crippen molar-refractivity contribution in [1.82, 2.24) is 0 Å². The van der Waals surface area contributed by atoms with E-state index in [1.165, 1.54) is 38.5 Å². The molecular weight excluding hydrogens is 176 g/mol. The van der Waals surface area contributed by atoms with Gasteiger partial charge in [0.15, 0.2) is 0 Å². The Morgan fingerprint density at radius 2 is 1.79 bits per heavy atom. The molecule has 3 rings (SSSR count). The van der Waals surface area contributed by atoms with Crippen molar-refractivity contribution in [2.45, 2.75) is 56.7 Å². The SMILES string of the molecule is OC1(C2CO2)CCCC2CCCCC21. The molecule has 1 N–H and O–H groups in total. The topological polar surface area (TPSA) is 32.8 Å². The van der Waals surface area contributed by atoms with Crippen LogP contribution in [-0.2, 0) is 4.74 Å². The zero-order valence-electron chi connectivity index (χ0n) is 8.74. The molecule has 2 heteroatoms. The van der Waals surface area contributed by atoms with Gasteiger partial charge in [0.25, 0.3) is 0 Å². The van der Waals surface area contributed by atoms with Crippen LogP contribution in [0.15, 0.2) is 0 Å². The summed E-state index contributed by atoms with van der Waals surface area (Å²) in [7, 11) is 0. The van der Waals surface area contributed by atoms with E-state index in [4.69, 9.17) is 4.74 Å². The van der Waals surface area contributed by atoms with Gasteiger partial charge >= 0.3 is 0 Å². The predicted molar refractivity (Wildman–Crippen MR) is 54.0 cm³/mol. The van der Waals surface area contributed by atoms with Crippen LogP contribution in [-0.4, -0.2) is 23.4 Å². The smallest absolute Gasteiger partial charge is 0.110 e. The third-order valence-electron chi connectivity index (χ3n) is 4.59. The van der Waals surface area contributed by atoms with E-state index in [1.807, 2.05) is 0 Å². The highest BCUT2D eigenvalue weighted by molar-refractivity contribution is 5.04. The highest BCUT2D eigenvalue weighted by Gasteiger charge is 2.54. The summed E-state index contributed by atoms with van der Waals surface area (Å²) in [6, 6.07) is 0. The van der Waals surface area contributed by atoms with E-state index < -0.39 is 5.60 Å². The number of fused-ring (bicyclic) bond motifs is 1. The van der Waals surface area contributed by atoms with Gasteiger partial charge in [-0.25, -0.2) is 0 Å². The Hall–Kier alpha value is -0.0800. The Labute approximate surface area is 85.6 Å². The fraction of sp³-hybridized carbons (Fsp3) is 1.00. The van der Waals surface area contributed by atoms with E-state index >= 15 is 0 Å². The van der Waals surface area contributed by atoms with Crippen molar-refractivity contribution in [3.63, 3.8) is 0 Å². The average molecular weight is 196 g/mol. The van der Waals surface area contributed by atoms with Crippen LogP contribution in [0.3, 0.4) is 0 Å². The number of hydrogen-bond donors (Lipinski definition) is 1. The molecule has 0 radical (unpaired) electrons. The summed E-state index contributed by atoms with van der Waals surface area (Å²) in [5.74, 6) is 1.35. The van der Waals surface area contributed by atoms with Gasteiger partial charge in [0.2, 0.25) is 0 Å². The number of ether oxygens (including phenoxy) is 1. The molecule has 0 aromatic rings. The van der Waals surface area contributed by atoms with Gasteiger partial charge in [0.1, 0.15) is 6.10 Å². The monoisotopic (exact) mass is 196 g/mol. The maximum absolute atomic E-state index is 10.7. The lowest BCUT2D eigenvalue weighted by molar-refractivity contribution is -0.104. The van der Waals surface area contributed by atoms with Gasteiger partial charge in [-0.3, -0.25) is 0 Å². The highest BCUT2D eigenvalue weighted by Crippen LogP contribution is 2.50. The quantitative estimate of drug-likeness (QED) is 0.651. The first kappa shape index (κ1) is 9.17.